The molecule has 0 amide bonds. The molecule has 2 heteroatoms. The molecule has 0 aliphatic heterocycles. The van der Waals surface area contributed by atoms with Crippen molar-refractivity contribution >= 4 is 0 Å². The zero-order chi connectivity index (χ0) is 11.7. The first kappa shape index (κ1) is 11.0. The molecule has 0 aliphatic carbocycles. The van der Waals surface area contributed by atoms with E-state index in [0.29, 0.717) is 0 Å². The van der Waals surface area contributed by atoms with Crippen LogP contribution in [0, 0.1) is 20.8 Å². The summed E-state index contributed by atoms with van der Waals surface area (Å²) in [4.78, 5) is 3.05. The molecule has 2 rings (SSSR count). The van der Waals surface area contributed by atoms with Crippen LogP contribution in [-0.2, 0) is 0 Å². The summed E-state index contributed by atoms with van der Waals surface area (Å²) in [6.07, 6.45) is 1.27. The average molecular weight is 215 g/mol. The molecule has 1 heterocycles. The first-order chi connectivity index (χ1) is 7.59. The minimum Gasteiger partial charge on any atom is -0.382 e. The number of benzene rings is 1. The Morgan fingerprint density at radius 1 is 1.12 bits per heavy atom. The number of rotatable bonds is 2. The second-order valence-electron chi connectivity index (χ2n) is 4.34. The second kappa shape index (κ2) is 4.14. The fourth-order valence-electron chi connectivity index (χ4n) is 2.29. The van der Waals surface area contributed by atoms with Gasteiger partial charge in [-0.3, -0.25) is 0 Å². The van der Waals surface area contributed by atoms with E-state index in [1.54, 1.807) is 0 Å². The molecular weight excluding hydrogens is 198 g/mol. The van der Waals surface area contributed by atoms with E-state index in [0.717, 1.165) is 22.4 Å². The number of H-pyrrole nitrogens is 1. The molecule has 84 valence electrons. The average Bonchev–Trinajstić information content (AvgIpc) is 2.67. The predicted octanol–water partition coefficient (Wildman–Crippen LogP) is 3.02. The van der Waals surface area contributed by atoms with Crippen LogP contribution < -0.4 is 0 Å². The van der Waals surface area contributed by atoms with E-state index >= 15 is 0 Å². The van der Waals surface area contributed by atoms with Gasteiger partial charge in [0.05, 0.1) is 0 Å². The van der Waals surface area contributed by atoms with Crippen LogP contribution >= 0.6 is 0 Å². The van der Waals surface area contributed by atoms with Crippen LogP contribution in [0.2, 0.25) is 0 Å². The molecule has 0 bridgehead atoms. The predicted molar refractivity (Wildman–Crippen MR) is 65.5 cm³/mol. The minimum atomic E-state index is -0.560. The zero-order valence-corrected chi connectivity index (χ0v) is 9.91. The standard InChI is InChI=1S/C14H17NO/c1-9-7-10(2)13(11(3)8-9)14(16)12-5-4-6-15-12/h4-8,14-16H,1-3H3. The first-order valence-corrected chi connectivity index (χ1v) is 5.48. The van der Waals surface area contributed by atoms with Gasteiger partial charge in [0.1, 0.15) is 6.10 Å². The third-order valence-corrected chi connectivity index (χ3v) is 2.93. The number of hydrogen-bond donors (Lipinski definition) is 2. The first-order valence-electron chi connectivity index (χ1n) is 5.48. The van der Waals surface area contributed by atoms with Crippen LogP contribution in [0.4, 0.5) is 0 Å². The monoisotopic (exact) mass is 215 g/mol. The van der Waals surface area contributed by atoms with Gasteiger partial charge >= 0.3 is 0 Å². The molecule has 1 unspecified atom stereocenters. The number of aromatic nitrogens is 1. The highest BCUT2D eigenvalue weighted by atomic mass is 16.3. The Morgan fingerprint density at radius 2 is 1.75 bits per heavy atom. The lowest BCUT2D eigenvalue weighted by atomic mass is 9.94. The highest BCUT2D eigenvalue weighted by Crippen LogP contribution is 2.27. The summed E-state index contributed by atoms with van der Waals surface area (Å²) in [5.74, 6) is 0. The quantitative estimate of drug-likeness (QED) is 0.793. The fraction of sp³-hybridized carbons (Fsp3) is 0.286. The van der Waals surface area contributed by atoms with Gasteiger partial charge in [0.25, 0.3) is 0 Å². The number of aromatic amines is 1. The van der Waals surface area contributed by atoms with Crippen molar-refractivity contribution in [2.75, 3.05) is 0 Å². The van der Waals surface area contributed by atoms with Crippen molar-refractivity contribution in [3.05, 3.63) is 58.4 Å². The van der Waals surface area contributed by atoms with Gasteiger partial charge < -0.3 is 10.1 Å². The lowest BCUT2D eigenvalue weighted by molar-refractivity contribution is 0.214. The molecule has 2 N–H and O–H groups in total. The Kier molecular flexibility index (Phi) is 2.84. The van der Waals surface area contributed by atoms with Crippen LogP contribution in [0.25, 0.3) is 0 Å². The Balaban J connectivity index is 2.48. The molecule has 2 nitrogen and oxygen atoms in total. The van der Waals surface area contributed by atoms with Crippen molar-refractivity contribution in [1.29, 1.82) is 0 Å². The largest absolute Gasteiger partial charge is 0.382 e. The van der Waals surface area contributed by atoms with Crippen LogP contribution in [0.1, 0.15) is 34.1 Å². The highest BCUT2D eigenvalue weighted by molar-refractivity contribution is 5.41. The van der Waals surface area contributed by atoms with Gasteiger partial charge in [-0.2, -0.15) is 0 Å². The highest BCUT2D eigenvalue weighted by Gasteiger charge is 2.16. The zero-order valence-electron chi connectivity index (χ0n) is 9.91. The molecule has 0 fully saturated rings. The van der Waals surface area contributed by atoms with E-state index in [4.69, 9.17) is 0 Å². The molecule has 0 radical (unpaired) electrons. The number of aliphatic hydroxyl groups excluding tert-OH is 1. The maximum absolute atomic E-state index is 10.3. The normalized spacial score (nSPS) is 12.8. The van der Waals surface area contributed by atoms with Crippen molar-refractivity contribution in [2.45, 2.75) is 26.9 Å². The number of aryl methyl sites for hydroxylation is 3. The van der Waals surface area contributed by atoms with Gasteiger partial charge in [-0.15, -0.1) is 0 Å². The Labute approximate surface area is 96.0 Å². The van der Waals surface area contributed by atoms with Crippen molar-refractivity contribution in [3.8, 4) is 0 Å². The molecule has 16 heavy (non-hydrogen) atoms. The van der Waals surface area contributed by atoms with E-state index in [-0.39, 0.29) is 0 Å². The number of aliphatic hydroxyl groups is 1. The molecule has 0 saturated carbocycles. The second-order valence-corrected chi connectivity index (χ2v) is 4.34. The summed E-state index contributed by atoms with van der Waals surface area (Å²) in [5, 5.41) is 10.3. The fourth-order valence-corrected chi connectivity index (χ4v) is 2.29. The molecule has 1 aromatic heterocycles. The van der Waals surface area contributed by atoms with Gasteiger partial charge in [-0.05, 0) is 49.6 Å². The van der Waals surface area contributed by atoms with Gasteiger partial charge in [-0.1, -0.05) is 17.7 Å². The summed E-state index contributed by atoms with van der Waals surface area (Å²) >= 11 is 0. The summed E-state index contributed by atoms with van der Waals surface area (Å²) in [5.41, 5.74) is 5.36. The van der Waals surface area contributed by atoms with Gasteiger partial charge in [0.15, 0.2) is 0 Å². The van der Waals surface area contributed by atoms with Crippen LogP contribution in [0.3, 0.4) is 0 Å². The SMILES string of the molecule is Cc1cc(C)c(C(O)c2ccc[nH]2)c(C)c1. The van der Waals surface area contributed by atoms with Crippen LogP contribution in [0.15, 0.2) is 30.5 Å². The minimum absolute atomic E-state index is 0.560. The van der Waals surface area contributed by atoms with Crippen molar-refractivity contribution in [2.24, 2.45) is 0 Å². The van der Waals surface area contributed by atoms with Gasteiger partial charge in [0.2, 0.25) is 0 Å². The van der Waals surface area contributed by atoms with Gasteiger partial charge in [-0.25, -0.2) is 0 Å². The molecular formula is C14H17NO. The lowest BCUT2D eigenvalue weighted by Crippen LogP contribution is -2.05. The maximum atomic E-state index is 10.3. The van der Waals surface area contributed by atoms with E-state index < -0.39 is 6.10 Å². The van der Waals surface area contributed by atoms with Crippen molar-refractivity contribution in [3.63, 3.8) is 0 Å². The Hall–Kier alpha value is -1.54. The van der Waals surface area contributed by atoms with Gasteiger partial charge in [0, 0.05) is 11.9 Å². The van der Waals surface area contributed by atoms with Crippen molar-refractivity contribution in [1.82, 2.24) is 4.98 Å². The third-order valence-electron chi connectivity index (χ3n) is 2.93. The maximum Gasteiger partial charge on any atom is 0.119 e. The molecule has 2 aromatic rings. The lowest BCUT2D eigenvalue weighted by Gasteiger charge is -2.16. The number of nitrogens with one attached hydrogen (secondary N) is 1. The smallest absolute Gasteiger partial charge is 0.119 e. The van der Waals surface area contributed by atoms with Crippen LogP contribution in [0.5, 0.6) is 0 Å². The Bertz CT molecular complexity index is 462. The summed E-state index contributed by atoms with van der Waals surface area (Å²) in [6.45, 7) is 6.16. The summed E-state index contributed by atoms with van der Waals surface area (Å²) in [7, 11) is 0. The van der Waals surface area contributed by atoms with E-state index in [2.05, 4.69) is 24.0 Å². The molecule has 0 spiro atoms. The van der Waals surface area contributed by atoms with E-state index in [9.17, 15) is 5.11 Å². The molecule has 1 aromatic carbocycles. The van der Waals surface area contributed by atoms with Crippen LogP contribution in [-0.4, -0.2) is 10.1 Å². The number of hydrogen-bond acceptors (Lipinski definition) is 1. The molecule has 0 aliphatic rings. The van der Waals surface area contributed by atoms with Crippen molar-refractivity contribution < 1.29 is 5.11 Å². The molecule has 0 saturated heterocycles. The Morgan fingerprint density at radius 3 is 2.25 bits per heavy atom. The topological polar surface area (TPSA) is 36.0 Å². The summed E-state index contributed by atoms with van der Waals surface area (Å²) < 4.78 is 0. The molecule has 1 atom stereocenters. The third kappa shape index (κ3) is 1.89. The van der Waals surface area contributed by atoms with E-state index in [1.807, 2.05) is 32.2 Å². The van der Waals surface area contributed by atoms with E-state index in [1.165, 1.54) is 5.56 Å². The summed E-state index contributed by atoms with van der Waals surface area (Å²) in [6, 6.07) is 8.02.